The second-order valence-corrected chi connectivity index (χ2v) is 5.15. The first-order valence-electron chi connectivity index (χ1n) is 6.85. The average Bonchev–Trinajstić information content (AvgIpc) is 2.63. The molecule has 1 N–H and O–H groups in total. The van der Waals surface area contributed by atoms with Crippen molar-refractivity contribution in [3.8, 4) is 0 Å². The lowest BCUT2D eigenvalue weighted by Crippen LogP contribution is -2.53. The summed E-state index contributed by atoms with van der Waals surface area (Å²) in [6.45, 7) is 2.13. The van der Waals surface area contributed by atoms with Crippen LogP contribution in [0.3, 0.4) is 0 Å². The van der Waals surface area contributed by atoms with Crippen LogP contribution in [0.1, 0.15) is 6.42 Å². The van der Waals surface area contributed by atoms with Gasteiger partial charge < -0.3 is 15.0 Å². The van der Waals surface area contributed by atoms with Gasteiger partial charge in [-0.2, -0.15) is 13.2 Å². The van der Waals surface area contributed by atoms with Crippen LogP contribution < -0.4 is 5.32 Å². The molecule has 0 aromatic rings. The van der Waals surface area contributed by atoms with Crippen LogP contribution in [0.25, 0.3) is 0 Å². The number of carbonyl (C=O) groups is 1. The van der Waals surface area contributed by atoms with Gasteiger partial charge in [0.25, 0.3) is 0 Å². The Morgan fingerprint density at radius 3 is 2.50 bits per heavy atom. The summed E-state index contributed by atoms with van der Waals surface area (Å²) >= 11 is 0. The molecule has 2 aliphatic heterocycles. The summed E-state index contributed by atoms with van der Waals surface area (Å²) in [6.07, 6.45) is -3.62. The van der Waals surface area contributed by atoms with Crippen molar-refractivity contribution in [2.75, 3.05) is 52.5 Å². The third-order valence-corrected chi connectivity index (χ3v) is 3.52. The average molecular weight is 368 g/mol. The minimum Gasteiger partial charge on any atom is -0.378 e. The van der Waals surface area contributed by atoms with Crippen molar-refractivity contribution in [1.82, 2.24) is 15.1 Å². The zero-order valence-corrected chi connectivity index (χ0v) is 13.7. The molecule has 0 aromatic heterocycles. The zero-order chi connectivity index (χ0) is 14.6. The van der Waals surface area contributed by atoms with E-state index in [1.54, 1.807) is 4.90 Å². The molecule has 2 saturated heterocycles. The van der Waals surface area contributed by atoms with E-state index >= 15 is 0 Å². The van der Waals surface area contributed by atoms with Crippen LogP contribution in [0, 0.1) is 0 Å². The molecule has 0 aromatic carbocycles. The van der Waals surface area contributed by atoms with E-state index in [0.717, 1.165) is 0 Å². The Morgan fingerprint density at radius 2 is 1.91 bits per heavy atom. The largest absolute Gasteiger partial charge is 0.401 e. The van der Waals surface area contributed by atoms with Crippen LogP contribution in [0.2, 0.25) is 0 Å². The van der Waals surface area contributed by atoms with Crippen molar-refractivity contribution in [1.29, 1.82) is 0 Å². The first-order valence-corrected chi connectivity index (χ1v) is 6.85. The SMILES string of the molecule is Cl.Cl.O=C(C1COCCN1)N1CCCN(CC(F)(F)F)CC1. The maximum absolute atomic E-state index is 12.4. The third-order valence-electron chi connectivity index (χ3n) is 3.52. The van der Waals surface area contributed by atoms with E-state index < -0.39 is 12.7 Å². The van der Waals surface area contributed by atoms with Gasteiger partial charge in [-0.3, -0.25) is 9.69 Å². The number of amides is 1. The minimum atomic E-state index is -4.18. The predicted octanol–water partition coefficient (Wildman–Crippen LogP) is 0.915. The molecule has 2 heterocycles. The molecule has 1 amide bonds. The van der Waals surface area contributed by atoms with Gasteiger partial charge in [0.15, 0.2) is 0 Å². The smallest absolute Gasteiger partial charge is 0.378 e. The summed E-state index contributed by atoms with van der Waals surface area (Å²) in [5.74, 6) is -0.0708. The van der Waals surface area contributed by atoms with E-state index in [1.807, 2.05) is 0 Å². The van der Waals surface area contributed by atoms with Gasteiger partial charge in [-0.1, -0.05) is 0 Å². The number of nitrogens with one attached hydrogen (secondary N) is 1. The summed E-state index contributed by atoms with van der Waals surface area (Å²) in [6, 6.07) is -0.363. The predicted molar refractivity (Wildman–Crippen MR) is 80.8 cm³/mol. The van der Waals surface area contributed by atoms with Crippen molar-refractivity contribution in [3.63, 3.8) is 0 Å². The van der Waals surface area contributed by atoms with Gasteiger partial charge in [-0.25, -0.2) is 0 Å². The molecule has 2 fully saturated rings. The maximum atomic E-state index is 12.4. The Morgan fingerprint density at radius 1 is 1.18 bits per heavy atom. The lowest BCUT2D eigenvalue weighted by Gasteiger charge is -2.29. The van der Waals surface area contributed by atoms with Crippen molar-refractivity contribution >= 4 is 30.7 Å². The van der Waals surface area contributed by atoms with Gasteiger partial charge >= 0.3 is 6.18 Å². The number of ether oxygens (including phenoxy) is 1. The summed E-state index contributed by atoms with van der Waals surface area (Å²) in [7, 11) is 0. The van der Waals surface area contributed by atoms with Gasteiger partial charge in [0.2, 0.25) is 5.91 Å². The van der Waals surface area contributed by atoms with Crippen LogP contribution in [-0.4, -0.2) is 80.4 Å². The molecule has 5 nitrogen and oxygen atoms in total. The van der Waals surface area contributed by atoms with Crippen LogP contribution >= 0.6 is 24.8 Å². The Balaban J connectivity index is 0.00000220. The number of morpholine rings is 1. The Hall–Kier alpha value is -0.280. The molecule has 2 rings (SSSR count). The van der Waals surface area contributed by atoms with Gasteiger partial charge in [0.05, 0.1) is 19.8 Å². The highest BCUT2D eigenvalue weighted by Crippen LogP contribution is 2.17. The minimum absolute atomic E-state index is 0. The number of alkyl halides is 3. The van der Waals surface area contributed by atoms with E-state index in [4.69, 9.17) is 4.74 Å². The van der Waals surface area contributed by atoms with Crippen LogP contribution in [0.5, 0.6) is 0 Å². The van der Waals surface area contributed by atoms with Gasteiger partial charge in [0, 0.05) is 32.7 Å². The molecular formula is C12H22Cl2F3N3O2. The highest BCUT2D eigenvalue weighted by molar-refractivity contribution is 5.85. The fourth-order valence-electron chi connectivity index (χ4n) is 2.55. The number of nitrogens with zero attached hydrogens (tertiary/aromatic N) is 2. The Bertz CT molecular complexity index is 342. The van der Waals surface area contributed by atoms with E-state index in [0.29, 0.717) is 45.8 Å². The topological polar surface area (TPSA) is 44.8 Å². The van der Waals surface area contributed by atoms with Gasteiger partial charge in [0.1, 0.15) is 6.04 Å². The highest BCUT2D eigenvalue weighted by atomic mass is 35.5. The maximum Gasteiger partial charge on any atom is 0.401 e. The molecule has 0 spiro atoms. The first kappa shape index (κ1) is 21.7. The number of halogens is 5. The molecule has 22 heavy (non-hydrogen) atoms. The van der Waals surface area contributed by atoms with E-state index in [-0.39, 0.29) is 43.3 Å². The number of hydrogen-bond donors (Lipinski definition) is 1. The van der Waals surface area contributed by atoms with Crippen molar-refractivity contribution in [3.05, 3.63) is 0 Å². The summed E-state index contributed by atoms with van der Waals surface area (Å²) < 4.78 is 42.4. The molecule has 0 aliphatic carbocycles. The molecule has 1 unspecified atom stereocenters. The molecular weight excluding hydrogens is 346 g/mol. The molecule has 0 saturated carbocycles. The lowest BCUT2D eigenvalue weighted by atomic mass is 10.2. The molecule has 132 valence electrons. The van der Waals surface area contributed by atoms with Crippen molar-refractivity contribution < 1.29 is 22.7 Å². The van der Waals surface area contributed by atoms with E-state index in [1.165, 1.54) is 4.90 Å². The summed E-state index contributed by atoms with van der Waals surface area (Å²) in [5.41, 5.74) is 0. The standard InChI is InChI=1S/C12H20F3N3O2.2ClH/c13-12(14,15)9-17-3-1-4-18(6-5-17)11(19)10-8-20-7-2-16-10;;/h10,16H,1-9H2;2*1H. The summed E-state index contributed by atoms with van der Waals surface area (Å²) in [4.78, 5) is 15.2. The quantitative estimate of drug-likeness (QED) is 0.787. The van der Waals surface area contributed by atoms with E-state index in [9.17, 15) is 18.0 Å². The highest BCUT2D eigenvalue weighted by Gasteiger charge is 2.33. The second kappa shape index (κ2) is 9.77. The second-order valence-electron chi connectivity index (χ2n) is 5.15. The van der Waals surface area contributed by atoms with Crippen LogP contribution in [-0.2, 0) is 9.53 Å². The number of carbonyl (C=O) groups excluding carboxylic acids is 1. The van der Waals surface area contributed by atoms with E-state index in [2.05, 4.69) is 5.32 Å². The Labute approximate surface area is 140 Å². The molecule has 0 radical (unpaired) electrons. The van der Waals surface area contributed by atoms with Crippen LogP contribution in [0.4, 0.5) is 13.2 Å². The lowest BCUT2D eigenvalue weighted by molar-refractivity contribution is -0.145. The molecule has 0 bridgehead atoms. The number of hydrogen-bond acceptors (Lipinski definition) is 4. The monoisotopic (exact) mass is 367 g/mol. The van der Waals surface area contributed by atoms with Gasteiger partial charge in [-0.05, 0) is 6.42 Å². The molecule has 1 atom stereocenters. The van der Waals surface area contributed by atoms with Crippen molar-refractivity contribution in [2.24, 2.45) is 0 Å². The molecule has 10 heteroatoms. The Kier molecular flexibility index (Phi) is 9.64. The fraction of sp³-hybridized carbons (Fsp3) is 0.917. The summed E-state index contributed by atoms with van der Waals surface area (Å²) in [5, 5.41) is 3.08. The van der Waals surface area contributed by atoms with Gasteiger partial charge in [-0.15, -0.1) is 24.8 Å². The normalized spacial score (nSPS) is 24.0. The molecule has 2 aliphatic rings. The van der Waals surface area contributed by atoms with Crippen LogP contribution in [0.15, 0.2) is 0 Å². The zero-order valence-electron chi connectivity index (χ0n) is 12.1. The van der Waals surface area contributed by atoms with Crippen molar-refractivity contribution in [2.45, 2.75) is 18.6 Å². The third kappa shape index (κ3) is 6.87. The fourth-order valence-corrected chi connectivity index (χ4v) is 2.55. The first-order chi connectivity index (χ1) is 9.46. The number of rotatable bonds is 2.